The Morgan fingerprint density at radius 1 is 0.459 bits per heavy atom. The van der Waals surface area contributed by atoms with Gasteiger partial charge in [-0.3, -0.25) is 4.79 Å². The van der Waals surface area contributed by atoms with Crippen LogP contribution in [-0.4, -0.2) is 89.6 Å². The Hall–Kier alpha value is -0.810. The minimum Gasteiger partial charge on any atom is -0.457 e. The van der Waals surface area contributed by atoms with E-state index in [0.29, 0.717) is 13.0 Å². The number of ether oxygens (including phenoxy) is 4. The highest BCUT2D eigenvalue weighted by atomic mass is 16.7. The van der Waals surface area contributed by atoms with E-state index in [1.807, 2.05) is 0 Å². The first-order chi connectivity index (χ1) is 29.9. The third-order valence-electron chi connectivity index (χ3n) is 12.8. The Morgan fingerprint density at radius 3 is 1.16 bits per heavy atom. The Labute approximate surface area is 376 Å². The molecule has 1 aliphatic heterocycles. The van der Waals surface area contributed by atoms with Crippen LogP contribution in [0.1, 0.15) is 264 Å². The summed E-state index contributed by atoms with van der Waals surface area (Å²) in [6.45, 7) is 4.62. The SMILES string of the molecule is CCCCCCCCCCCCCCCCCCCCCCCCCCCCOCC(COC1OC(CO)C(O)C(O)C1O)OC(=O)CCCCCCCCCCCCCC. The number of hydrogen-bond acceptors (Lipinski definition) is 9. The Bertz CT molecular complexity index is 904. The van der Waals surface area contributed by atoms with Crippen LogP contribution in [0.25, 0.3) is 0 Å². The molecule has 9 nitrogen and oxygen atoms in total. The number of aliphatic hydroxyl groups excluding tert-OH is 4. The van der Waals surface area contributed by atoms with Gasteiger partial charge >= 0.3 is 5.97 Å². The molecule has 0 aliphatic carbocycles. The summed E-state index contributed by atoms with van der Waals surface area (Å²) in [5.41, 5.74) is 0. The molecule has 0 aromatic carbocycles. The zero-order valence-electron chi connectivity index (χ0n) is 40.2. The second-order valence-corrected chi connectivity index (χ2v) is 18.7. The molecular weight excluding hydrogens is 769 g/mol. The average molecular weight is 871 g/mol. The molecule has 0 aromatic heterocycles. The van der Waals surface area contributed by atoms with Gasteiger partial charge in [-0.25, -0.2) is 0 Å². The van der Waals surface area contributed by atoms with Gasteiger partial charge in [-0.15, -0.1) is 0 Å². The van der Waals surface area contributed by atoms with E-state index in [2.05, 4.69) is 13.8 Å². The normalized spacial score (nSPS) is 19.7. The van der Waals surface area contributed by atoms with Crippen molar-refractivity contribution in [3.05, 3.63) is 0 Å². The zero-order chi connectivity index (χ0) is 44.3. The van der Waals surface area contributed by atoms with E-state index in [1.165, 1.54) is 212 Å². The van der Waals surface area contributed by atoms with Gasteiger partial charge in [-0.05, 0) is 12.8 Å². The number of carbonyl (C=O) groups excluding carboxylic acids is 1. The molecule has 6 unspecified atom stereocenters. The van der Waals surface area contributed by atoms with Crippen LogP contribution in [0.15, 0.2) is 0 Å². The molecule has 61 heavy (non-hydrogen) atoms. The first-order valence-corrected chi connectivity index (χ1v) is 26.6. The number of hydrogen-bond donors (Lipinski definition) is 4. The van der Waals surface area contributed by atoms with E-state index in [9.17, 15) is 25.2 Å². The van der Waals surface area contributed by atoms with Crippen molar-refractivity contribution in [3.8, 4) is 0 Å². The number of esters is 1. The quantitative estimate of drug-likeness (QED) is 0.0348. The van der Waals surface area contributed by atoms with Crippen molar-refractivity contribution in [1.82, 2.24) is 0 Å². The van der Waals surface area contributed by atoms with Gasteiger partial charge in [-0.2, -0.15) is 0 Å². The highest BCUT2D eigenvalue weighted by Gasteiger charge is 2.44. The number of unbranched alkanes of at least 4 members (excludes halogenated alkanes) is 36. The molecule has 0 spiro atoms. The van der Waals surface area contributed by atoms with Gasteiger partial charge in [0, 0.05) is 13.0 Å². The summed E-state index contributed by atoms with van der Waals surface area (Å²) in [6, 6.07) is 0. The molecule has 0 bridgehead atoms. The summed E-state index contributed by atoms with van der Waals surface area (Å²) in [6.07, 6.45) is 43.0. The Kier molecular flexibility index (Phi) is 42.4. The van der Waals surface area contributed by atoms with Crippen molar-refractivity contribution in [2.24, 2.45) is 0 Å². The van der Waals surface area contributed by atoms with Crippen LogP contribution in [0.3, 0.4) is 0 Å². The first kappa shape index (κ1) is 58.2. The van der Waals surface area contributed by atoms with Crippen LogP contribution in [-0.2, 0) is 23.7 Å². The molecule has 0 saturated carbocycles. The lowest BCUT2D eigenvalue weighted by molar-refractivity contribution is -0.305. The summed E-state index contributed by atoms with van der Waals surface area (Å²) in [7, 11) is 0. The molecule has 364 valence electrons. The van der Waals surface area contributed by atoms with Gasteiger partial charge in [-0.1, -0.05) is 245 Å². The summed E-state index contributed by atoms with van der Waals surface area (Å²) in [4.78, 5) is 12.8. The molecule has 9 heteroatoms. The monoisotopic (exact) mass is 871 g/mol. The maximum absolute atomic E-state index is 12.8. The van der Waals surface area contributed by atoms with Crippen LogP contribution in [0, 0.1) is 0 Å². The van der Waals surface area contributed by atoms with Crippen LogP contribution in [0.2, 0.25) is 0 Å². The molecule has 1 fully saturated rings. The van der Waals surface area contributed by atoms with E-state index >= 15 is 0 Å². The molecule has 0 amide bonds. The lowest BCUT2D eigenvalue weighted by Gasteiger charge is -2.39. The fourth-order valence-electron chi connectivity index (χ4n) is 8.61. The van der Waals surface area contributed by atoms with E-state index in [4.69, 9.17) is 18.9 Å². The fraction of sp³-hybridized carbons (Fsp3) is 0.981. The molecular formula is C52H102O9. The van der Waals surface area contributed by atoms with Gasteiger partial charge in [0.25, 0.3) is 0 Å². The van der Waals surface area contributed by atoms with Crippen LogP contribution < -0.4 is 0 Å². The summed E-state index contributed by atoms with van der Waals surface area (Å²) >= 11 is 0. The molecule has 1 saturated heterocycles. The van der Waals surface area contributed by atoms with E-state index in [1.54, 1.807) is 0 Å². The Balaban J connectivity index is 2.10. The highest BCUT2D eigenvalue weighted by Crippen LogP contribution is 2.23. The first-order valence-electron chi connectivity index (χ1n) is 26.6. The van der Waals surface area contributed by atoms with Crippen LogP contribution in [0.5, 0.6) is 0 Å². The second kappa shape index (κ2) is 44.4. The van der Waals surface area contributed by atoms with Gasteiger partial charge < -0.3 is 39.4 Å². The smallest absolute Gasteiger partial charge is 0.306 e. The molecule has 1 aliphatic rings. The van der Waals surface area contributed by atoms with Gasteiger partial charge in [0.1, 0.15) is 30.5 Å². The van der Waals surface area contributed by atoms with Crippen LogP contribution in [0.4, 0.5) is 0 Å². The number of rotatable bonds is 47. The largest absolute Gasteiger partial charge is 0.457 e. The molecule has 1 heterocycles. The van der Waals surface area contributed by atoms with Crippen molar-refractivity contribution in [2.75, 3.05) is 26.4 Å². The second-order valence-electron chi connectivity index (χ2n) is 18.7. The maximum Gasteiger partial charge on any atom is 0.306 e. The third-order valence-corrected chi connectivity index (χ3v) is 12.8. The highest BCUT2D eigenvalue weighted by molar-refractivity contribution is 5.69. The zero-order valence-corrected chi connectivity index (χ0v) is 40.2. The number of carbonyl (C=O) groups is 1. The lowest BCUT2D eigenvalue weighted by Crippen LogP contribution is -2.59. The van der Waals surface area contributed by atoms with Gasteiger partial charge in [0.05, 0.1) is 19.8 Å². The minimum absolute atomic E-state index is 0.105. The molecule has 1 rings (SSSR count). The average Bonchev–Trinajstić information content (AvgIpc) is 3.26. The minimum atomic E-state index is -1.53. The standard InChI is InChI=1S/C52H102O9/c1-3-5-7-9-11-13-15-17-18-19-20-21-22-23-24-25-26-27-28-29-30-32-34-36-38-40-42-58-44-46(45-59-52-51(57)50(56)49(55)47(43-53)61-52)60-48(54)41-39-37-35-33-31-16-14-12-10-8-6-4-2/h46-47,49-53,55-57H,3-45H2,1-2H3. The van der Waals surface area contributed by atoms with Crippen molar-refractivity contribution in [3.63, 3.8) is 0 Å². The predicted molar refractivity (Wildman–Crippen MR) is 252 cm³/mol. The fourth-order valence-corrected chi connectivity index (χ4v) is 8.61. The Morgan fingerprint density at radius 2 is 0.803 bits per heavy atom. The van der Waals surface area contributed by atoms with Crippen molar-refractivity contribution < 1.29 is 44.2 Å². The van der Waals surface area contributed by atoms with Crippen LogP contribution >= 0.6 is 0 Å². The van der Waals surface area contributed by atoms with E-state index in [0.717, 1.165) is 32.1 Å². The summed E-state index contributed by atoms with van der Waals surface area (Å²) in [5, 5.41) is 40.2. The number of aliphatic hydroxyl groups is 4. The molecule has 0 radical (unpaired) electrons. The third kappa shape index (κ3) is 35.2. The predicted octanol–water partition coefficient (Wildman–Crippen LogP) is 13.0. The van der Waals surface area contributed by atoms with Crippen molar-refractivity contribution in [1.29, 1.82) is 0 Å². The van der Waals surface area contributed by atoms with Crippen molar-refractivity contribution >= 4 is 5.97 Å². The molecule has 4 N–H and O–H groups in total. The topological polar surface area (TPSA) is 135 Å². The summed E-state index contributed by atoms with van der Waals surface area (Å²) in [5.74, 6) is -0.307. The van der Waals surface area contributed by atoms with Gasteiger partial charge in [0.15, 0.2) is 6.29 Å². The van der Waals surface area contributed by atoms with Gasteiger partial charge in [0.2, 0.25) is 0 Å². The van der Waals surface area contributed by atoms with E-state index in [-0.39, 0.29) is 19.2 Å². The van der Waals surface area contributed by atoms with Crippen molar-refractivity contribution in [2.45, 2.75) is 301 Å². The summed E-state index contributed by atoms with van der Waals surface area (Å²) < 4.78 is 22.9. The maximum atomic E-state index is 12.8. The lowest BCUT2D eigenvalue weighted by atomic mass is 9.99. The van der Waals surface area contributed by atoms with E-state index < -0.39 is 43.4 Å². The molecule has 6 atom stereocenters. The molecule has 0 aromatic rings.